The Kier molecular flexibility index (Phi) is 6.42. The molecule has 2 saturated heterocycles. The van der Waals surface area contributed by atoms with Crippen LogP contribution in [-0.2, 0) is 17.7 Å². The lowest BCUT2D eigenvalue weighted by molar-refractivity contribution is -0.0502. The number of benzene rings is 1. The minimum atomic E-state index is 0.243. The van der Waals surface area contributed by atoms with Crippen LogP contribution in [0.3, 0.4) is 0 Å². The number of nitrogens with zero attached hydrogens (tertiary/aromatic N) is 4. The van der Waals surface area contributed by atoms with Crippen LogP contribution in [0.15, 0.2) is 53.7 Å². The lowest BCUT2D eigenvalue weighted by atomic mass is 10.1. The molecule has 2 aromatic rings. The van der Waals surface area contributed by atoms with Gasteiger partial charge >= 0.3 is 0 Å². The third kappa shape index (κ3) is 4.95. The van der Waals surface area contributed by atoms with Crippen LogP contribution in [0.25, 0.3) is 0 Å². The molecule has 2 atom stereocenters. The number of likely N-dealkylation sites (tertiary alicyclic amines) is 1. The number of aryl methyl sites for hydroxylation is 1. The predicted octanol–water partition coefficient (Wildman–Crippen LogP) is 2.09. The zero-order valence-corrected chi connectivity index (χ0v) is 17.4. The van der Waals surface area contributed by atoms with E-state index in [4.69, 9.17) is 4.74 Å². The Morgan fingerprint density at radius 3 is 2.79 bits per heavy atom. The summed E-state index contributed by atoms with van der Waals surface area (Å²) in [5, 5.41) is 3.52. The first-order valence-corrected chi connectivity index (χ1v) is 10.5. The summed E-state index contributed by atoms with van der Waals surface area (Å²) >= 11 is 0. The van der Waals surface area contributed by atoms with E-state index in [0.29, 0.717) is 6.04 Å². The minimum Gasteiger partial charge on any atom is -0.373 e. The molecule has 6 nitrogen and oxygen atoms in total. The van der Waals surface area contributed by atoms with Crippen LogP contribution < -0.4 is 5.32 Å². The molecular formula is C23H31N5O. The van der Waals surface area contributed by atoms with Crippen LogP contribution in [-0.4, -0.2) is 72.7 Å². The molecule has 2 unspecified atom stereocenters. The number of aliphatic imine (C=N–C) groups is 1. The van der Waals surface area contributed by atoms with Gasteiger partial charge in [0.2, 0.25) is 0 Å². The first kappa shape index (κ1) is 19.9. The summed E-state index contributed by atoms with van der Waals surface area (Å²) in [5.41, 5.74) is 3.66. The lowest BCUT2D eigenvalue weighted by Crippen LogP contribution is -2.50. The molecule has 0 radical (unpaired) electrons. The van der Waals surface area contributed by atoms with Gasteiger partial charge in [0.05, 0.1) is 18.8 Å². The van der Waals surface area contributed by atoms with Gasteiger partial charge in [0, 0.05) is 51.7 Å². The Hall–Kier alpha value is -2.44. The van der Waals surface area contributed by atoms with E-state index in [1.165, 1.54) is 11.1 Å². The van der Waals surface area contributed by atoms with Gasteiger partial charge in [-0.05, 0) is 30.5 Å². The third-order valence-electron chi connectivity index (χ3n) is 5.83. The van der Waals surface area contributed by atoms with Gasteiger partial charge in [0.15, 0.2) is 5.96 Å². The molecule has 3 heterocycles. The van der Waals surface area contributed by atoms with E-state index in [-0.39, 0.29) is 6.10 Å². The zero-order valence-electron chi connectivity index (χ0n) is 17.4. The summed E-state index contributed by atoms with van der Waals surface area (Å²) in [6, 6.07) is 15.3. The number of aromatic nitrogens is 1. The number of pyridine rings is 1. The summed E-state index contributed by atoms with van der Waals surface area (Å²) in [6.45, 7) is 7.46. The third-order valence-corrected chi connectivity index (χ3v) is 5.83. The second-order valence-electron chi connectivity index (χ2n) is 7.87. The van der Waals surface area contributed by atoms with Gasteiger partial charge < -0.3 is 15.0 Å². The highest BCUT2D eigenvalue weighted by Gasteiger charge is 2.41. The van der Waals surface area contributed by atoms with Gasteiger partial charge in [0.25, 0.3) is 0 Å². The van der Waals surface area contributed by atoms with Crippen LogP contribution in [0.1, 0.15) is 16.8 Å². The Bertz CT molecular complexity index is 808. The molecule has 0 amide bonds. The summed E-state index contributed by atoms with van der Waals surface area (Å²) in [5.74, 6) is 0.961. The van der Waals surface area contributed by atoms with Crippen molar-refractivity contribution in [2.24, 2.45) is 4.99 Å². The van der Waals surface area contributed by atoms with Crippen molar-refractivity contribution in [2.75, 3.05) is 39.8 Å². The molecule has 1 aromatic heterocycles. The first-order valence-electron chi connectivity index (χ1n) is 10.5. The molecule has 154 valence electrons. The molecule has 2 aliphatic heterocycles. The van der Waals surface area contributed by atoms with Gasteiger partial charge in [-0.3, -0.25) is 14.9 Å². The largest absolute Gasteiger partial charge is 0.373 e. The highest BCUT2D eigenvalue weighted by atomic mass is 16.5. The Morgan fingerprint density at radius 1 is 1.17 bits per heavy atom. The molecule has 0 bridgehead atoms. The second kappa shape index (κ2) is 9.37. The van der Waals surface area contributed by atoms with E-state index < -0.39 is 0 Å². The minimum absolute atomic E-state index is 0.243. The lowest BCUT2D eigenvalue weighted by Gasteiger charge is -2.36. The Balaban J connectivity index is 1.33. The molecule has 0 saturated carbocycles. The number of rotatable bonds is 5. The van der Waals surface area contributed by atoms with Gasteiger partial charge in [-0.1, -0.05) is 36.4 Å². The summed E-state index contributed by atoms with van der Waals surface area (Å²) in [4.78, 5) is 13.8. The van der Waals surface area contributed by atoms with Crippen LogP contribution in [0.4, 0.5) is 0 Å². The van der Waals surface area contributed by atoms with Crippen molar-refractivity contribution in [1.29, 1.82) is 0 Å². The fraction of sp³-hybridized carbons (Fsp3) is 0.478. The maximum Gasteiger partial charge on any atom is 0.193 e. The van der Waals surface area contributed by atoms with Crippen LogP contribution in [0, 0.1) is 6.92 Å². The molecule has 4 rings (SSSR count). The SMILES string of the molecule is CN=C(NCCc1ccc(C)nc1)N1CC2OCCN(Cc3ccccc3)C2C1. The number of fused-ring (bicyclic) bond motifs is 1. The van der Waals surface area contributed by atoms with E-state index in [9.17, 15) is 0 Å². The fourth-order valence-electron chi connectivity index (χ4n) is 4.24. The summed E-state index contributed by atoms with van der Waals surface area (Å²) in [7, 11) is 1.86. The zero-order chi connectivity index (χ0) is 20.1. The summed E-state index contributed by atoms with van der Waals surface area (Å²) in [6.07, 6.45) is 3.13. The standard InChI is InChI=1S/C23H31N5O/c1-18-8-9-19(14-26-18)10-11-25-23(24-2)28-16-21-22(17-28)29-13-12-27(21)15-20-6-4-3-5-7-20/h3-9,14,21-22H,10-13,15-17H2,1-2H3,(H,24,25). The number of morpholine rings is 1. The van der Waals surface area contributed by atoms with E-state index in [2.05, 4.69) is 67.6 Å². The number of hydrogen-bond acceptors (Lipinski definition) is 4. The van der Waals surface area contributed by atoms with Crippen molar-refractivity contribution < 1.29 is 4.74 Å². The van der Waals surface area contributed by atoms with Crippen molar-refractivity contribution >= 4 is 5.96 Å². The maximum atomic E-state index is 6.11. The molecule has 2 fully saturated rings. The van der Waals surface area contributed by atoms with E-state index in [1.54, 1.807) is 0 Å². The number of nitrogens with one attached hydrogen (secondary N) is 1. The van der Waals surface area contributed by atoms with Crippen molar-refractivity contribution in [3.05, 3.63) is 65.5 Å². The van der Waals surface area contributed by atoms with Crippen molar-refractivity contribution in [2.45, 2.75) is 32.0 Å². The average molecular weight is 394 g/mol. The molecular weight excluding hydrogens is 362 g/mol. The molecule has 1 N–H and O–H groups in total. The Labute approximate surface area is 173 Å². The smallest absolute Gasteiger partial charge is 0.193 e. The normalized spacial score (nSPS) is 22.6. The van der Waals surface area contributed by atoms with Crippen LogP contribution in [0.5, 0.6) is 0 Å². The number of guanidine groups is 1. The molecule has 0 aliphatic carbocycles. The molecule has 0 spiro atoms. The van der Waals surface area contributed by atoms with Gasteiger partial charge in [-0.2, -0.15) is 0 Å². The van der Waals surface area contributed by atoms with Gasteiger partial charge in [-0.15, -0.1) is 0 Å². The van der Waals surface area contributed by atoms with Gasteiger partial charge in [0.1, 0.15) is 0 Å². The first-order chi connectivity index (χ1) is 14.2. The predicted molar refractivity (Wildman–Crippen MR) is 116 cm³/mol. The molecule has 1 aromatic carbocycles. The van der Waals surface area contributed by atoms with Crippen molar-refractivity contribution in [3.8, 4) is 0 Å². The van der Waals surface area contributed by atoms with E-state index in [1.807, 2.05) is 20.2 Å². The van der Waals surface area contributed by atoms with Crippen LogP contribution in [0.2, 0.25) is 0 Å². The van der Waals surface area contributed by atoms with E-state index >= 15 is 0 Å². The van der Waals surface area contributed by atoms with Crippen molar-refractivity contribution in [1.82, 2.24) is 20.1 Å². The number of ether oxygens (including phenoxy) is 1. The summed E-state index contributed by atoms with van der Waals surface area (Å²) < 4.78 is 6.11. The molecule has 2 aliphatic rings. The maximum absolute atomic E-state index is 6.11. The van der Waals surface area contributed by atoms with Crippen LogP contribution >= 0.6 is 0 Å². The van der Waals surface area contributed by atoms with E-state index in [0.717, 1.165) is 57.4 Å². The number of hydrogen-bond donors (Lipinski definition) is 1. The highest BCUT2D eigenvalue weighted by Crippen LogP contribution is 2.24. The fourth-order valence-corrected chi connectivity index (χ4v) is 4.24. The topological polar surface area (TPSA) is 53.0 Å². The van der Waals surface area contributed by atoms with Gasteiger partial charge in [-0.25, -0.2) is 0 Å². The van der Waals surface area contributed by atoms with Crippen molar-refractivity contribution in [3.63, 3.8) is 0 Å². The Morgan fingerprint density at radius 2 is 2.03 bits per heavy atom. The molecule has 29 heavy (non-hydrogen) atoms. The quantitative estimate of drug-likeness (QED) is 0.623. The monoisotopic (exact) mass is 393 g/mol. The average Bonchev–Trinajstić information content (AvgIpc) is 3.18. The molecule has 6 heteroatoms. The highest BCUT2D eigenvalue weighted by molar-refractivity contribution is 5.80. The second-order valence-corrected chi connectivity index (χ2v) is 7.87.